The van der Waals surface area contributed by atoms with E-state index in [9.17, 15) is 9.59 Å². The summed E-state index contributed by atoms with van der Waals surface area (Å²) in [5.41, 5.74) is 1.03. The summed E-state index contributed by atoms with van der Waals surface area (Å²) in [6.07, 6.45) is 1.95. The van der Waals surface area contributed by atoms with E-state index < -0.39 is 0 Å². The van der Waals surface area contributed by atoms with Gasteiger partial charge < -0.3 is 10.2 Å². The van der Waals surface area contributed by atoms with Crippen LogP contribution >= 0.6 is 0 Å². The van der Waals surface area contributed by atoms with Crippen LogP contribution in [0.3, 0.4) is 0 Å². The first-order valence-electron chi connectivity index (χ1n) is 5.66. The van der Waals surface area contributed by atoms with Gasteiger partial charge in [0.2, 0.25) is 5.91 Å². The highest BCUT2D eigenvalue weighted by atomic mass is 16.2. The number of carbonyl (C=O) groups excluding carboxylic acids is 2. The molecule has 0 radical (unpaired) electrons. The lowest BCUT2D eigenvalue weighted by Gasteiger charge is -2.10. The van der Waals surface area contributed by atoms with Crippen molar-refractivity contribution in [3.63, 3.8) is 0 Å². The first-order valence-corrected chi connectivity index (χ1v) is 5.66. The lowest BCUT2D eigenvalue weighted by Crippen LogP contribution is -2.33. The third kappa shape index (κ3) is 4.82. The van der Waals surface area contributed by atoms with Gasteiger partial charge in [-0.25, -0.2) is 9.78 Å². The number of aryl methyl sites for hydroxylation is 1. The second-order valence-electron chi connectivity index (χ2n) is 4.14. The quantitative estimate of drug-likeness (QED) is 0.836. The maximum absolute atomic E-state index is 11.5. The second-order valence-corrected chi connectivity index (χ2v) is 4.14. The molecule has 0 atom stereocenters. The van der Waals surface area contributed by atoms with Crippen molar-refractivity contribution in [3.05, 3.63) is 23.9 Å². The number of urea groups is 1. The largest absolute Gasteiger partial charge is 0.349 e. The Morgan fingerprint density at radius 2 is 2.06 bits per heavy atom. The summed E-state index contributed by atoms with van der Waals surface area (Å²) in [5, 5.41) is 5.18. The SMILES string of the molecule is Cc1ccc(NC(=O)NCCC(=O)N(C)C)nc1. The fourth-order valence-corrected chi connectivity index (χ4v) is 1.21. The van der Waals surface area contributed by atoms with Gasteiger partial charge in [-0.15, -0.1) is 0 Å². The Labute approximate surface area is 106 Å². The van der Waals surface area contributed by atoms with Crippen molar-refractivity contribution in [1.82, 2.24) is 15.2 Å². The van der Waals surface area contributed by atoms with Gasteiger partial charge in [0.25, 0.3) is 0 Å². The van der Waals surface area contributed by atoms with Gasteiger partial charge in [0.05, 0.1) is 0 Å². The summed E-state index contributed by atoms with van der Waals surface area (Å²) in [7, 11) is 3.36. The zero-order valence-corrected chi connectivity index (χ0v) is 10.9. The lowest BCUT2D eigenvalue weighted by molar-refractivity contribution is -0.128. The summed E-state index contributed by atoms with van der Waals surface area (Å²) in [5.74, 6) is 0.459. The van der Waals surface area contributed by atoms with E-state index >= 15 is 0 Å². The van der Waals surface area contributed by atoms with E-state index in [1.807, 2.05) is 13.0 Å². The van der Waals surface area contributed by atoms with Gasteiger partial charge in [0.1, 0.15) is 5.82 Å². The van der Waals surface area contributed by atoms with Gasteiger partial charge in [-0.2, -0.15) is 0 Å². The number of carbonyl (C=O) groups is 2. The number of aromatic nitrogens is 1. The third-order valence-electron chi connectivity index (χ3n) is 2.28. The molecule has 0 saturated carbocycles. The predicted molar refractivity (Wildman–Crippen MR) is 69.3 cm³/mol. The van der Waals surface area contributed by atoms with Crippen LogP contribution in [-0.4, -0.2) is 42.5 Å². The number of nitrogens with one attached hydrogen (secondary N) is 2. The van der Waals surface area contributed by atoms with Crippen LogP contribution in [-0.2, 0) is 4.79 Å². The molecule has 1 aromatic rings. The van der Waals surface area contributed by atoms with E-state index in [-0.39, 0.29) is 18.4 Å². The van der Waals surface area contributed by atoms with Crippen LogP contribution in [0.25, 0.3) is 0 Å². The normalized spacial score (nSPS) is 9.72. The highest BCUT2D eigenvalue weighted by Crippen LogP contribution is 2.03. The smallest absolute Gasteiger partial charge is 0.320 e. The molecule has 6 nitrogen and oxygen atoms in total. The first-order chi connectivity index (χ1) is 8.49. The van der Waals surface area contributed by atoms with Crippen LogP contribution in [0.5, 0.6) is 0 Å². The predicted octanol–water partition coefficient (Wildman–Crippen LogP) is 0.990. The average Bonchev–Trinajstić information content (AvgIpc) is 2.32. The Morgan fingerprint density at radius 3 is 2.61 bits per heavy atom. The molecule has 1 aromatic heterocycles. The van der Waals surface area contributed by atoms with E-state index in [1.165, 1.54) is 4.90 Å². The minimum Gasteiger partial charge on any atom is -0.349 e. The molecule has 0 spiro atoms. The number of amides is 3. The Kier molecular flexibility index (Phi) is 5.10. The first kappa shape index (κ1) is 14.0. The average molecular weight is 250 g/mol. The monoisotopic (exact) mass is 250 g/mol. The molecule has 2 N–H and O–H groups in total. The highest BCUT2D eigenvalue weighted by molar-refractivity contribution is 5.88. The molecular formula is C12H18N4O2. The Balaban J connectivity index is 2.30. The molecular weight excluding hydrogens is 232 g/mol. The van der Waals surface area contributed by atoms with E-state index in [4.69, 9.17) is 0 Å². The summed E-state index contributed by atoms with van der Waals surface area (Å²) >= 11 is 0. The van der Waals surface area contributed by atoms with Crippen LogP contribution in [0, 0.1) is 6.92 Å². The van der Waals surface area contributed by atoms with E-state index in [0.29, 0.717) is 12.4 Å². The molecule has 0 aliphatic carbocycles. The van der Waals surface area contributed by atoms with Gasteiger partial charge in [-0.05, 0) is 18.6 Å². The number of hydrogen-bond acceptors (Lipinski definition) is 3. The van der Waals surface area contributed by atoms with Crippen molar-refractivity contribution in [2.24, 2.45) is 0 Å². The number of hydrogen-bond donors (Lipinski definition) is 2. The van der Waals surface area contributed by atoms with Gasteiger partial charge >= 0.3 is 6.03 Å². The maximum atomic E-state index is 11.5. The molecule has 0 fully saturated rings. The molecule has 1 heterocycles. The second kappa shape index (κ2) is 6.58. The topological polar surface area (TPSA) is 74.3 Å². The van der Waals surface area contributed by atoms with Crippen LogP contribution < -0.4 is 10.6 Å². The van der Waals surface area contributed by atoms with Gasteiger partial charge in [0.15, 0.2) is 0 Å². The summed E-state index contributed by atoms with van der Waals surface area (Å²) in [4.78, 5) is 28.3. The standard InChI is InChI=1S/C12H18N4O2/c1-9-4-5-10(14-8-9)15-12(18)13-7-6-11(17)16(2)3/h4-5,8H,6-7H2,1-3H3,(H2,13,14,15,18). The molecule has 0 bridgehead atoms. The van der Waals surface area contributed by atoms with Crippen molar-refractivity contribution in [2.75, 3.05) is 26.0 Å². The molecule has 0 aliphatic heterocycles. The molecule has 6 heteroatoms. The third-order valence-corrected chi connectivity index (χ3v) is 2.28. The van der Waals surface area contributed by atoms with Gasteiger partial charge in [0, 0.05) is 33.3 Å². The molecule has 18 heavy (non-hydrogen) atoms. The number of rotatable bonds is 4. The molecule has 0 aliphatic rings. The van der Waals surface area contributed by atoms with Crippen molar-refractivity contribution >= 4 is 17.8 Å². The molecule has 0 unspecified atom stereocenters. The number of nitrogens with zero attached hydrogens (tertiary/aromatic N) is 2. The summed E-state index contributed by atoms with van der Waals surface area (Å²) in [6, 6.07) is 3.22. The van der Waals surface area contributed by atoms with E-state index in [2.05, 4.69) is 15.6 Å². The van der Waals surface area contributed by atoms with Crippen LogP contribution in [0.1, 0.15) is 12.0 Å². The minimum absolute atomic E-state index is 0.0243. The lowest BCUT2D eigenvalue weighted by atomic mass is 10.3. The summed E-state index contributed by atoms with van der Waals surface area (Å²) in [6.45, 7) is 2.22. The van der Waals surface area contributed by atoms with Gasteiger partial charge in [-0.1, -0.05) is 6.07 Å². The Bertz CT molecular complexity index is 415. The molecule has 0 aromatic carbocycles. The van der Waals surface area contributed by atoms with Crippen molar-refractivity contribution in [2.45, 2.75) is 13.3 Å². The van der Waals surface area contributed by atoms with Crippen LogP contribution in [0.2, 0.25) is 0 Å². The number of anilines is 1. The summed E-state index contributed by atoms with van der Waals surface area (Å²) < 4.78 is 0. The molecule has 1 rings (SSSR count). The molecule has 3 amide bonds. The van der Waals surface area contributed by atoms with Gasteiger partial charge in [-0.3, -0.25) is 10.1 Å². The van der Waals surface area contributed by atoms with Crippen LogP contribution in [0.15, 0.2) is 18.3 Å². The Hall–Kier alpha value is -2.11. The van der Waals surface area contributed by atoms with Crippen molar-refractivity contribution < 1.29 is 9.59 Å². The minimum atomic E-state index is -0.363. The highest BCUT2D eigenvalue weighted by Gasteiger charge is 2.05. The Morgan fingerprint density at radius 1 is 1.33 bits per heavy atom. The van der Waals surface area contributed by atoms with E-state index in [0.717, 1.165) is 5.56 Å². The van der Waals surface area contributed by atoms with Crippen molar-refractivity contribution in [3.8, 4) is 0 Å². The van der Waals surface area contributed by atoms with E-state index in [1.54, 1.807) is 26.4 Å². The zero-order chi connectivity index (χ0) is 13.5. The molecule has 98 valence electrons. The maximum Gasteiger partial charge on any atom is 0.320 e. The van der Waals surface area contributed by atoms with Crippen molar-refractivity contribution in [1.29, 1.82) is 0 Å². The fraction of sp³-hybridized carbons (Fsp3) is 0.417. The fourth-order valence-electron chi connectivity index (χ4n) is 1.21. The number of pyridine rings is 1. The van der Waals surface area contributed by atoms with Crippen LogP contribution in [0.4, 0.5) is 10.6 Å². The molecule has 0 saturated heterocycles. The zero-order valence-electron chi connectivity index (χ0n) is 10.9.